The van der Waals surface area contributed by atoms with Crippen LogP contribution in [0.2, 0.25) is 0 Å². The molecule has 2 atom stereocenters. The van der Waals surface area contributed by atoms with Gasteiger partial charge in [-0.15, -0.1) is 0 Å². The molecular weight excluding hydrogens is 307 g/mol. The molecule has 22 heavy (non-hydrogen) atoms. The Hall–Kier alpha value is -1.80. The Morgan fingerprint density at radius 2 is 1.68 bits per heavy atom. The number of halogens is 3. The van der Waals surface area contributed by atoms with E-state index in [0.29, 0.717) is 0 Å². The second-order valence-corrected chi connectivity index (χ2v) is 5.85. The smallest absolute Gasteiger partial charge is 0.425 e. The van der Waals surface area contributed by atoms with Crippen LogP contribution in [0, 0.1) is 0 Å². The van der Waals surface area contributed by atoms with Crippen LogP contribution in [0.1, 0.15) is 34.6 Å². The molecule has 9 heteroatoms. The fourth-order valence-electron chi connectivity index (χ4n) is 2.19. The van der Waals surface area contributed by atoms with Gasteiger partial charge in [0, 0.05) is 0 Å². The molecule has 0 unspecified atom stereocenters. The number of amides is 1. The molecule has 0 aromatic carbocycles. The molecule has 0 N–H and O–H groups in total. The zero-order valence-electron chi connectivity index (χ0n) is 12.9. The summed E-state index contributed by atoms with van der Waals surface area (Å²) in [5, 5.41) is 0. The van der Waals surface area contributed by atoms with E-state index in [1.54, 1.807) is 0 Å². The van der Waals surface area contributed by atoms with E-state index in [1.807, 2.05) is 0 Å². The van der Waals surface area contributed by atoms with Crippen LogP contribution in [-0.2, 0) is 19.1 Å². The highest BCUT2D eigenvalue weighted by atomic mass is 19.4. The summed E-state index contributed by atoms with van der Waals surface area (Å²) in [4.78, 5) is 35.4. The number of alkyl halides is 3. The van der Waals surface area contributed by atoms with Gasteiger partial charge in [-0.25, -0.2) is 9.59 Å². The molecule has 1 aliphatic heterocycles. The van der Waals surface area contributed by atoms with E-state index in [-0.39, 0.29) is 11.5 Å². The van der Waals surface area contributed by atoms with Gasteiger partial charge in [-0.3, -0.25) is 9.69 Å². The molecule has 6 nitrogen and oxygen atoms in total. The van der Waals surface area contributed by atoms with Crippen LogP contribution in [0.15, 0.2) is 0 Å². The Bertz CT molecular complexity index is 497. The standard InChI is InChI=1S/C13H18F3NO5/c1-6-21-9(19)12(13(14,15)16)8(7(2)18)17(12)10(20)22-11(3,4)5/h8H,6H2,1-5H3/t8-,12-,17?/m1/s1. The molecule has 1 fully saturated rings. The first kappa shape index (κ1) is 18.2. The van der Waals surface area contributed by atoms with Gasteiger partial charge in [0.2, 0.25) is 0 Å². The predicted octanol–water partition coefficient (Wildman–Crippen LogP) is 2.06. The average Bonchev–Trinajstić information content (AvgIpc) is 2.97. The summed E-state index contributed by atoms with van der Waals surface area (Å²) in [5.41, 5.74) is -4.38. The monoisotopic (exact) mass is 325 g/mol. The van der Waals surface area contributed by atoms with Crippen molar-refractivity contribution < 1.29 is 37.0 Å². The number of hydrogen-bond acceptors (Lipinski definition) is 5. The fraction of sp³-hybridized carbons (Fsp3) is 0.769. The Kier molecular flexibility index (Phi) is 4.51. The van der Waals surface area contributed by atoms with Crippen molar-refractivity contribution in [1.29, 1.82) is 0 Å². The van der Waals surface area contributed by atoms with Gasteiger partial charge in [-0.05, 0) is 34.6 Å². The van der Waals surface area contributed by atoms with E-state index in [1.165, 1.54) is 27.7 Å². The number of ether oxygens (including phenoxy) is 2. The number of ketones is 1. The zero-order chi connectivity index (χ0) is 17.5. The highest BCUT2D eigenvalue weighted by molar-refractivity contribution is 6.05. The lowest BCUT2D eigenvalue weighted by atomic mass is 10.0. The third kappa shape index (κ3) is 2.89. The first-order chi connectivity index (χ1) is 9.80. The van der Waals surface area contributed by atoms with Gasteiger partial charge in [0.25, 0.3) is 5.54 Å². The van der Waals surface area contributed by atoms with Gasteiger partial charge in [-0.1, -0.05) is 0 Å². The number of carbonyl (C=O) groups excluding carboxylic acids is 3. The van der Waals surface area contributed by atoms with E-state index in [0.717, 1.165) is 6.92 Å². The second kappa shape index (κ2) is 5.44. The Morgan fingerprint density at radius 3 is 2.00 bits per heavy atom. The summed E-state index contributed by atoms with van der Waals surface area (Å²) in [6, 6.07) is -1.97. The van der Waals surface area contributed by atoms with Crippen LogP contribution < -0.4 is 0 Å². The predicted molar refractivity (Wildman–Crippen MR) is 68.0 cm³/mol. The van der Waals surface area contributed by atoms with Crippen molar-refractivity contribution >= 4 is 17.8 Å². The van der Waals surface area contributed by atoms with Crippen molar-refractivity contribution in [3.05, 3.63) is 0 Å². The first-order valence-corrected chi connectivity index (χ1v) is 6.57. The fourth-order valence-corrected chi connectivity index (χ4v) is 2.19. The number of carbonyl (C=O) groups is 3. The number of esters is 1. The third-order valence-electron chi connectivity index (χ3n) is 2.96. The van der Waals surface area contributed by atoms with E-state index in [9.17, 15) is 27.6 Å². The molecular formula is C13H18F3NO5. The van der Waals surface area contributed by atoms with E-state index < -0.39 is 41.2 Å². The lowest BCUT2D eigenvalue weighted by molar-refractivity contribution is -0.194. The van der Waals surface area contributed by atoms with Crippen molar-refractivity contribution in [2.75, 3.05) is 6.61 Å². The summed E-state index contributed by atoms with van der Waals surface area (Å²) in [5.74, 6) is -2.66. The molecule has 1 heterocycles. The lowest BCUT2D eigenvalue weighted by Crippen LogP contribution is -2.48. The normalized spacial score (nSPS) is 24.7. The van der Waals surface area contributed by atoms with Crippen LogP contribution in [0.3, 0.4) is 0 Å². The Morgan fingerprint density at radius 1 is 1.18 bits per heavy atom. The van der Waals surface area contributed by atoms with Crippen LogP contribution in [0.5, 0.6) is 0 Å². The number of rotatable bonds is 3. The number of Topliss-reactive ketones (excluding diaryl/α,β-unsaturated/α-hetero) is 1. The van der Waals surface area contributed by atoms with Gasteiger partial charge >= 0.3 is 18.2 Å². The van der Waals surface area contributed by atoms with Crippen LogP contribution >= 0.6 is 0 Å². The largest absolute Gasteiger partial charge is 0.464 e. The molecule has 0 aliphatic carbocycles. The minimum absolute atomic E-state index is 0.0958. The minimum atomic E-state index is -5.16. The third-order valence-corrected chi connectivity index (χ3v) is 2.96. The molecule has 126 valence electrons. The maximum atomic E-state index is 13.4. The Labute approximate surface area is 125 Å². The second-order valence-electron chi connectivity index (χ2n) is 5.85. The van der Waals surface area contributed by atoms with Crippen LogP contribution in [-0.4, -0.2) is 52.7 Å². The SMILES string of the molecule is CCOC(=O)[C@@]1(C(F)(F)F)[C@@H](C(C)=O)N1C(=O)OC(C)(C)C. The van der Waals surface area contributed by atoms with Crippen molar-refractivity contribution in [2.24, 2.45) is 0 Å². The number of hydrogen-bond donors (Lipinski definition) is 0. The first-order valence-electron chi connectivity index (χ1n) is 6.57. The van der Waals surface area contributed by atoms with Gasteiger partial charge < -0.3 is 9.47 Å². The van der Waals surface area contributed by atoms with Gasteiger partial charge in [0.15, 0.2) is 5.78 Å². The zero-order valence-corrected chi connectivity index (χ0v) is 12.9. The van der Waals surface area contributed by atoms with Crippen molar-refractivity contribution in [3.8, 4) is 0 Å². The Balaban J connectivity index is 3.27. The van der Waals surface area contributed by atoms with Crippen molar-refractivity contribution in [2.45, 2.75) is 58.0 Å². The van der Waals surface area contributed by atoms with Crippen LogP contribution in [0.4, 0.5) is 18.0 Å². The molecule has 0 aromatic heterocycles. The molecule has 0 bridgehead atoms. The highest BCUT2D eigenvalue weighted by Crippen LogP contribution is 2.54. The maximum absolute atomic E-state index is 13.4. The summed E-state index contributed by atoms with van der Waals surface area (Å²) >= 11 is 0. The van der Waals surface area contributed by atoms with Gasteiger partial charge in [-0.2, -0.15) is 13.2 Å². The summed E-state index contributed by atoms with van der Waals surface area (Å²) < 4.78 is 49.5. The van der Waals surface area contributed by atoms with Gasteiger partial charge in [0.1, 0.15) is 11.6 Å². The van der Waals surface area contributed by atoms with Crippen molar-refractivity contribution in [3.63, 3.8) is 0 Å². The molecule has 1 amide bonds. The minimum Gasteiger partial charge on any atom is -0.464 e. The van der Waals surface area contributed by atoms with E-state index in [2.05, 4.69) is 4.74 Å². The molecule has 1 aliphatic rings. The molecule has 1 rings (SSSR count). The van der Waals surface area contributed by atoms with Crippen LogP contribution in [0.25, 0.3) is 0 Å². The molecule has 0 aromatic rings. The summed E-state index contributed by atoms with van der Waals surface area (Å²) in [7, 11) is 0. The highest BCUT2D eigenvalue weighted by Gasteiger charge is 2.87. The van der Waals surface area contributed by atoms with Gasteiger partial charge in [0.05, 0.1) is 6.61 Å². The van der Waals surface area contributed by atoms with E-state index in [4.69, 9.17) is 4.74 Å². The topological polar surface area (TPSA) is 72.7 Å². The maximum Gasteiger partial charge on any atom is 0.425 e. The van der Waals surface area contributed by atoms with Crippen molar-refractivity contribution in [1.82, 2.24) is 4.90 Å². The van der Waals surface area contributed by atoms with E-state index >= 15 is 0 Å². The lowest BCUT2D eigenvalue weighted by Gasteiger charge is -2.22. The molecule has 0 radical (unpaired) electrons. The molecule has 0 saturated carbocycles. The summed E-state index contributed by atoms with van der Waals surface area (Å²) in [6.45, 7) is 6.24. The molecule has 0 spiro atoms. The quantitative estimate of drug-likeness (QED) is 0.587. The molecule has 1 saturated heterocycles. The number of nitrogens with zero attached hydrogens (tertiary/aromatic N) is 1. The average molecular weight is 325 g/mol. The summed E-state index contributed by atoms with van der Waals surface area (Å²) in [6.07, 6.45) is -6.55.